The Kier molecular flexibility index (Phi) is 7.80. The molecule has 0 spiro atoms. The van der Waals surface area contributed by atoms with Crippen molar-refractivity contribution in [3.05, 3.63) is 59.7 Å². The number of hydrogen-bond donors (Lipinski definition) is 1. The molecule has 1 saturated heterocycles. The summed E-state index contributed by atoms with van der Waals surface area (Å²) < 4.78 is 43.9. The Morgan fingerprint density at radius 2 is 1.76 bits per heavy atom. The Morgan fingerprint density at radius 3 is 2.45 bits per heavy atom. The highest BCUT2D eigenvalue weighted by Gasteiger charge is 2.59. The minimum atomic E-state index is -4.47. The molecule has 5 atom stereocenters. The van der Waals surface area contributed by atoms with Gasteiger partial charge in [-0.05, 0) is 72.9 Å². The van der Waals surface area contributed by atoms with Crippen molar-refractivity contribution in [3.63, 3.8) is 0 Å². The van der Waals surface area contributed by atoms with Crippen molar-refractivity contribution in [1.29, 1.82) is 0 Å². The Hall–Kier alpha value is -2.87. The Morgan fingerprint density at radius 1 is 1.03 bits per heavy atom. The molecule has 5 nitrogen and oxygen atoms in total. The number of anilines is 1. The summed E-state index contributed by atoms with van der Waals surface area (Å²) in [5.74, 6) is 2.03. The lowest BCUT2D eigenvalue weighted by molar-refractivity contribution is -0.137. The molecule has 2 aromatic rings. The largest absolute Gasteiger partial charge is 0.497 e. The number of benzene rings is 2. The first-order valence-corrected chi connectivity index (χ1v) is 13.6. The number of halogens is 3. The highest BCUT2D eigenvalue weighted by molar-refractivity contribution is 5.94. The van der Waals surface area contributed by atoms with Gasteiger partial charge in [0.2, 0.25) is 5.91 Å². The number of carbonyl (C=O) groups is 2. The number of piperidine rings is 1. The summed E-state index contributed by atoms with van der Waals surface area (Å²) in [5, 5.41) is 2.49. The highest BCUT2D eigenvalue weighted by Crippen LogP contribution is 2.54. The van der Waals surface area contributed by atoms with Crippen LogP contribution >= 0.6 is 0 Å². The molecule has 1 heterocycles. The number of hydrogen-bond acceptors (Lipinski definition) is 4. The van der Waals surface area contributed by atoms with Crippen molar-refractivity contribution >= 4 is 17.4 Å². The van der Waals surface area contributed by atoms with Gasteiger partial charge in [-0.15, -0.1) is 0 Å². The van der Waals surface area contributed by atoms with Crippen LogP contribution in [0.3, 0.4) is 0 Å². The van der Waals surface area contributed by atoms with Crippen LogP contribution in [0, 0.1) is 23.7 Å². The highest BCUT2D eigenvalue weighted by atomic mass is 19.4. The topological polar surface area (TPSA) is 58.6 Å². The molecule has 1 N–H and O–H groups in total. The van der Waals surface area contributed by atoms with Crippen molar-refractivity contribution in [2.45, 2.75) is 57.2 Å². The first-order chi connectivity index (χ1) is 18.2. The second-order valence-electron chi connectivity index (χ2n) is 11.1. The van der Waals surface area contributed by atoms with E-state index in [0.717, 1.165) is 37.4 Å². The number of likely N-dealkylation sites (tertiary alicyclic amines) is 1. The van der Waals surface area contributed by atoms with Gasteiger partial charge in [0, 0.05) is 43.6 Å². The number of fused-ring (bicyclic) bond motifs is 1. The van der Waals surface area contributed by atoms with Crippen LogP contribution in [-0.4, -0.2) is 42.8 Å². The number of nitrogens with zero attached hydrogens (tertiary/aromatic N) is 1. The molecular weight excluding hydrogens is 493 g/mol. The summed E-state index contributed by atoms with van der Waals surface area (Å²) in [6, 6.07) is 13.5. The van der Waals surface area contributed by atoms with E-state index in [2.05, 4.69) is 22.3 Å². The van der Waals surface area contributed by atoms with Gasteiger partial charge in [-0.25, -0.2) is 0 Å². The van der Waals surface area contributed by atoms with E-state index in [0.29, 0.717) is 23.8 Å². The summed E-state index contributed by atoms with van der Waals surface area (Å²) >= 11 is 0. The number of methoxy groups -OCH3 is 1. The number of ketones is 1. The zero-order chi connectivity index (χ0) is 26.9. The number of amides is 1. The maximum absolute atomic E-state index is 12.9. The molecule has 0 radical (unpaired) electrons. The maximum atomic E-state index is 12.9. The smallest absolute Gasteiger partial charge is 0.416 e. The summed E-state index contributed by atoms with van der Waals surface area (Å²) in [7, 11) is 1.68. The summed E-state index contributed by atoms with van der Waals surface area (Å²) in [4.78, 5) is 27.6. The van der Waals surface area contributed by atoms with Crippen LogP contribution in [0.2, 0.25) is 0 Å². The molecule has 0 bridgehead atoms. The normalized spacial score (nSPS) is 27.0. The van der Waals surface area contributed by atoms with E-state index in [9.17, 15) is 22.8 Å². The summed E-state index contributed by atoms with van der Waals surface area (Å²) in [6.07, 6.45) is 1.65. The fourth-order valence-electron chi connectivity index (χ4n) is 6.61. The van der Waals surface area contributed by atoms with Gasteiger partial charge in [-0.2, -0.15) is 13.2 Å². The second-order valence-corrected chi connectivity index (χ2v) is 11.1. The van der Waals surface area contributed by atoms with Crippen molar-refractivity contribution in [1.82, 2.24) is 4.90 Å². The molecule has 0 aromatic heterocycles. The second kappa shape index (κ2) is 11.1. The third-order valence-corrected chi connectivity index (χ3v) is 8.62. The molecule has 3 fully saturated rings. The molecule has 3 unspecified atom stereocenters. The van der Waals surface area contributed by atoms with Crippen molar-refractivity contribution < 1.29 is 27.5 Å². The molecule has 38 heavy (non-hydrogen) atoms. The maximum Gasteiger partial charge on any atom is 0.416 e. The fraction of sp³-hybridized carbons (Fsp3) is 0.533. The average Bonchev–Trinajstić information content (AvgIpc) is 3.40. The van der Waals surface area contributed by atoms with Crippen LogP contribution in [-0.2, 0) is 22.2 Å². The molecular formula is C30H35F3N2O3. The summed E-state index contributed by atoms with van der Waals surface area (Å²) in [5.41, 5.74) is 0.629. The number of rotatable bonds is 9. The van der Waals surface area contributed by atoms with E-state index in [-0.39, 0.29) is 30.2 Å². The van der Waals surface area contributed by atoms with Gasteiger partial charge in [0.1, 0.15) is 11.5 Å². The van der Waals surface area contributed by atoms with Gasteiger partial charge in [-0.1, -0.05) is 31.0 Å². The van der Waals surface area contributed by atoms with E-state index in [1.165, 1.54) is 43.4 Å². The number of ether oxygens (including phenoxy) is 1. The van der Waals surface area contributed by atoms with Crippen LogP contribution < -0.4 is 10.1 Å². The van der Waals surface area contributed by atoms with Gasteiger partial charge in [0.25, 0.3) is 0 Å². The van der Waals surface area contributed by atoms with E-state index in [1.807, 2.05) is 12.1 Å². The lowest BCUT2D eigenvalue weighted by Crippen LogP contribution is -2.40. The number of carbonyl (C=O) groups excluding carboxylic acids is 2. The van der Waals surface area contributed by atoms with E-state index >= 15 is 0 Å². The third kappa shape index (κ3) is 6.22. The minimum absolute atomic E-state index is 0.00953. The SMILES string of the molecule is COc1ccc(CC2CCCC(N3C[C@@H]4C(C(=O)CCC(=O)Nc5cccc(C(F)(F)F)c5)[C@@H]4C3)C2)cc1. The zero-order valence-electron chi connectivity index (χ0n) is 21.7. The standard InChI is InChI=1S/C30H35F3N2O3/c1-38-24-10-8-19(9-11-24)14-20-4-2-7-23(15-20)35-17-25-26(18-35)29(25)27(36)12-13-28(37)34-22-6-3-5-21(16-22)30(31,32)33/h3,5-6,8-11,16,20,23,25-26,29H,2,4,7,12-15,17-18H2,1H3,(H,34,37)/t20?,23?,25-,26+,29?. The number of alkyl halides is 3. The molecule has 2 aliphatic carbocycles. The molecule has 1 amide bonds. The van der Waals surface area contributed by atoms with Gasteiger partial charge in [0.15, 0.2) is 0 Å². The Labute approximate surface area is 221 Å². The molecule has 2 saturated carbocycles. The lowest BCUT2D eigenvalue weighted by Gasteiger charge is -2.36. The molecule has 1 aliphatic heterocycles. The van der Waals surface area contributed by atoms with E-state index < -0.39 is 17.6 Å². The average molecular weight is 529 g/mol. The number of nitrogens with one attached hydrogen (secondary N) is 1. The van der Waals surface area contributed by atoms with Gasteiger partial charge in [-0.3, -0.25) is 14.5 Å². The van der Waals surface area contributed by atoms with Crippen LogP contribution in [0.4, 0.5) is 18.9 Å². The summed E-state index contributed by atoms with van der Waals surface area (Å²) in [6.45, 7) is 1.91. The predicted octanol–water partition coefficient (Wildman–Crippen LogP) is 5.98. The quantitative estimate of drug-likeness (QED) is 0.435. The number of Topliss-reactive ketones (excluding diaryl/α,β-unsaturated/α-hetero) is 1. The van der Waals surface area contributed by atoms with Crippen LogP contribution in [0.15, 0.2) is 48.5 Å². The first kappa shape index (κ1) is 26.7. The lowest BCUT2D eigenvalue weighted by atomic mass is 9.81. The van der Waals surface area contributed by atoms with Gasteiger partial charge < -0.3 is 10.1 Å². The predicted molar refractivity (Wildman–Crippen MR) is 139 cm³/mol. The fourth-order valence-corrected chi connectivity index (χ4v) is 6.61. The monoisotopic (exact) mass is 528 g/mol. The molecule has 3 aliphatic rings. The Balaban J connectivity index is 1.04. The molecule has 5 rings (SSSR count). The minimum Gasteiger partial charge on any atom is -0.497 e. The molecule has 204 valence electrons. The Bertz CT molecular complexity index is 1140. The van der Waals surface area contributed by atoms with Gasteiger partial charge >= 0.3 is 6.18 Å². The van der Waals surface area contributed by atoms with E-state index in [4.69, 9.17) is 4.74 Å². The first-order valence-electron chi connectivity index (χ1n) is 13.6. The van der Waals surface area contributed by atoms with Crippen molar-refractivity contribution in [2.75, 3.05) is 25.5 Å². The van der Waals surface area contributed by atoms with Crippen molar-refractivity contribution in [3.8, 4) is 5.75 Å². The van der Waals surface area contributed by atoms with Crippen LogP contribution in [0.5, 0.6) is 5.75 Å². The molecule has 2 aromatic carbocycles. The van der Waals surface area contributed by atoms with Gasteiger partial charge in [0.05, 0.1) is 12.7 Å². The molecule has 8 heteroatoms. The van der Waals surface area contributed by atoms with Crippen LogP contribution in [0.1, 0.15) is 49.7 Å². The van der Waals surface area contributed by atoms with Crippen LogP contribution in [0.25, 0.3) is 0 Å². The van der Waals surface area contributed by atoms with E-state index in [1.54, 1.807) is 7.11 Å². The van der Waals surface area contributed by atoms with Crippen molar-refractivity contribution in [2.24, 2.45) is 23.7 Å². The third-order valence-electron chi connectivity index (χ3n) is 8.62. The zero-order valence-corrected chi connectivity index (χ0v) is 21.7.